The topological polar surface area (TPSA) is 57.6 Å². The molecule has 1 aliphatic rings. The Kier molecular flexibility index (Phi) is 4.88. The number of aliphatic imine (C=N–C) groups is 1. The van der Waals surface area contributed by atoms with Gasteiger partial charge in [-0.3, -0.25) is 19.7 Å². The van der Waals surface area contributed by atoms with Crippen molar-refractivity contribution in [3.05, 3.63) is 59.9 Å². The number of benzene rings is 1. The first-order valence-electron chi connectivity index (χ1n) is 7.46. The lowest BCUT2D eigenvalue weighted by Gasteiger charge is -2.19. The molecule has 0 bridgehead atoms. The molecule has 1 aliphatic heterocycles. The maximum atomic E-state index is 12.5. The standard InChI is InChI=1S/C17H17ClN4O/c18-8-7-13-3-5-15(6-4-13)21-17-20-10-11-22(17)16(23)14-2-1-9-19-12-14/h1-6,9,12H,7-8,10-11H2,(H,20,21). The maximum Gasteiger partial charge on any atom is 0.262 e. The summed E-state index contributed by atoms with van der Waals surface area (Å²) in [5, 5.41) is 3.21. The van der Waals surface area contributed by atoms with Crippen molar-refractivity contribution in [3.8, 4) is 0 Å². The van der Waals surface area contributed by atoms with Gasteiger partial charge in [-0.05, 0) is 36.2 Å². The molecule has 2 heterocycles. The molecule has 0 aliphatic carbocycles. The van der Waals surface area contributed by atoms with Crippen molar-refractivity contribution in [3.63, 3.8) is 0 Å². The van der Waals surface area contributed by atoms with Gasteiger partial charge in [0, 0.05) is 30.5 Å². The van der Waals surface area contributed by atoms with E-state index in [0.29, 0.717) is 30.5 Å². The minimum absolute atomic E-state index is 0.0967. The van der Waals surface area contributed by atoms with Crippen LogP contribution in [0.4, 0.5) is 5.69 Å². The molecule has 0 atom stereocenters. The zero-order valence-electron chi connectivity index (χ0n) is 12.6. The van der Waals surface area contributed by atoms with Crippen molar-refractivity contribution in [1.29, 1.82) is 0 Å². The van der Waals surface area contributed by atoms with Crippen LogP contribution in [-0.2, 0) is 6.42 Å². The van der Waals surface area contributed by atoms with Crippen LogP contribution in [0.5, 0.6) is 0 Å². The molecule has 0 spiro atoms. The molecule has 1 amide bonds. The number of aryl methyl sites for hydroxylation is 1. The minimum atomic E-state index is -0.0967. The van der Waals surface area contributed by atoms with Crippen molar-refractivity contribution in [2.45, 2.75) is 6.42 Å². The van der Waals surface area contributed by atoms with Crippen LogP contribution in [0, 0.1) is 0 Å². The number of pyridine rings is 1. The Bertz CT molecular complexity index is 700. The summed E-state index contributed by atoms with van der Waals surface area (Å²) in [4.78, 5) is 22.6. The molecule has 0 radical (unpaired) electrons. The summed E-state index contributed by atoms with van der Waals surface area (Å²) in [6.07, 6.45) is 4.06. The van der Waals surface area contributed by atoms with Gasteiger partial charge in [-0.2, -0.15) is 0 Å². The normalized spacial score (nSPS) is 13.8. The van der Waals surface area contributed by atoms with E-state index in [4.69, 9.17) is 11.6 Å². The van der Waals surface area contributed by atoms with E-state index < -0.39 is 0 Å². The third-order valence-electron chi connectivity index (χ3n) is 3.59. The Morgan fingerprint density at radius 1 is 1.26 bits per heavy atom. The van der Waals surface area contributed by atoms with Crippen LogP contribution in [0.15, 0.2) is 53.8 Å². The van der Waals surface area contributed by atoms with Gasteiger partial charge in [0.1, 0.15) is 0 Å². The fourth-order valence-electron chi connectivity index (χ4n) is 2.39. The van der Waals surface area contributed by atoms with E-state index in [0.717, 1.165) is 12.1 Å². The van der Waals surface area contributed by atoms with Crippen molar-refractivity contribution in [2.75, 3.05) is 24.3 Å². The number of rotatable bonds is 4. The van der Waals surface area contributed by atoms with Crippen LogP contribution in [0.1, 0.15) is 15.9 Å². The van der Waals surface area contributed by atoms with Crippen LogP contribution in [0.25, 0.3) is 0 Å². The monoisotopic (exact) mass is 328 g/mol. The van der Waals surface area contributed by atoms with Crippen molar-refractivity contribution in [1.82, 2.24) is 9.88 Å². The lowest BCUT2D eigenvalue weighted by molar-refractivity contribution is 0.0857. The lowest BCUT2D eigenvalue weighted by Crippen LogP contribution is -2.38. The fourth-order valence-corrected chi connectivity index (χ4v) is 2.61. The summed E-state index contributed by atoms with van der Waals surface area (Å²) in [7, 11) is 0. The highest BCUT2D eigenvalue weighted by molar-refractivity contribution is 6.18. The van der Waals surface area contributed by atoms with E-state index in [1.807, 2.05) is 24.3 Å². The maximum absolute atomic E-state index is 12.5. The number of aromatic nitrogens is 1. The molecule has 1 aromatic carbocycles. The molecular formula is C17H17ClN4O. The Morgan fingerprint density at radius 2 is 2.09 bits per heavy atom. The highest BCUT2D eigenvalue weighted by atomic mass is 35.5. The molecule has 3 rings (SSSR count). The number of halogens is 1. The van der Waals surface area contributed by atoms with Gasteiger partial charge in [-0.25, -0.2) is 0 Å². The molecule has 118 valence electrons. The quantitative estimate of drug-likeness (QED) is 0.878. The van der Waals surface area contributed by atoms with Crippen molar-refractivity contribution >= 4 is 29.2 Å². The second-order valence-corrected chi connectivity index (χ2v) is 5.54. The highest BCUT2D eigenvalue weighted by Gasteiger charge is 2.24. The predicted octanol–water partition coefficient (Wildman–Crippen LogP) is 2.79. The molecule has 5 nitrogen and oxygen atoms in total. The molecule has 0 unspecified atom stereocenters. The number of alkyl halides is 1. The third kappa shape index (κ3) is 3.68. The third-order valence-corrected chi connectivity index (χ3v) is 3.78. The van der Waals surface area contributed by atoms with Gasteiger partial charge in [0.05, 0.1) is 12.1 Å². The highest BCUT2D eigenvalue weighted by Crippen LogP contribution is 2.14. The molecule has 0 saturated carbocycles. The number of nitrogens with zero attached hydrogens (tertiary/aromatic N) is 3. The fraction of sp³-hybridized carbons (Fsp3) is 0.235. The van der Waals surface area contributed by atoms with E-state index in [9.17, 15) is 4.79 Å². The predicted molar refractivity (Wildman–Crippen MR) is 92.1 cm³/mol. The number of nitrogens with one attached hydrogen (secondary N) is 1. The van der Waals surface area contributed by atoms with E-state index in [-0.39, 0.29) is 5.91 Å². The molecule has 0 saturated heterocycles. The van der Waals surface area contributed by atoms with Gasteiger partial charge in [0.15, 0.2) is 0 Å². The first kappa shape index (κ1) is 15.5. The molecule has 6 heteroatoms. The van der Waals surface area contributed by atoms with Crippen LogP contribution < -0.4 is 5.32 Å². The number of hydrogen-bond acceptors (Lipinski definition) is 4. The van der Waals surface area contributed by atoms with Gasteiger partial charge < -0.3 is 5.32 Å². The summed E-state index contributed by atoms with van der Waals surface area (Å²) in [5.41, 5.74) is 2.64. The molecule has 1 aromatic heterocycles. The average molecular weight is 329 g/mol. The summed E-state index contributed by atoms with van der Waals surface area (Å²) in [6.45, 7) is 1.17. The molecule has 1 N–H and O–H groups in total. The number of carbonyl (C=O) groups is 1. The van der Waals surface area contributed by atoms with Crippen LogP contribution in [-0.4, -0.2) is 40.7 Å². The Labute approximate surface area is 140 Å². The van der Waals surface area contributed by atoms with Gasteiger partial charge in [-0.1, -0.05) is 12.1 Å². The number of anilines is 1. The Balaban J connectivity index is 1.71. The molecular weight excluding hydrogens is 312 g/mol. The van der Waals surface area contributed by atoms with Gasteiger partial charge in [0.2, 0.25) is 5.96 Å². The zero-order valence-corrected chi connectivity index (χ0v) is 13.3. The lowest BCUT2D eigenvalue weighted by atomic mass is 10.1. The SMILES string of the molecule is O=C(c1cccnc1)N1CCN=C1Nc1ccc(CCCl)cc1. The average Bonchev–Trinajstić information content (AvgIpc) is 3.05. The van der Waals surface area contributed by atoms with E-state index >= 15 is 0 Å². The summed E-state index contributed by atoms with van der Waals surface area (Å²) in [6, 6.07) is 11.5. The van der Waals surface area contributed by atoms with E-state index in [2.05, 4.69) is 15.3 Å². The first-order chi connectivity index (χ1) is 11.3. The van der Waals surface area contributed by atoms with Crippen molar-refractivity contribution in [2.24, 2.45) is 4.99 Å². The Hall–Kier alpha value is -2.40. The van der Waals surface area contributed by atoms with E-state index in [1.54, 1.807) is 29.4 Å². The smallest absolute Gasteiger partial charge is 0.262 e. The van der Waals surface area contributed by atoms with E-state index in [1.165, 1.54) is 5.56 Å². The van der Waals surface area contributed by atoms with Gasteiger partial charge in [-0.15, -0.1) is 11.6 Å². The number of hydrogen-bond donors (Lipinski definition) is 1. The summed E-state index contributed by atoms with van der Waals surface area (Å²) < 4.78 is 0. The minimum Gasteiger partial charge on any atom is -0.326 e. The zero-order chi connectivity index (χ0) is 16.1. The second kappa shape index (κ2) is 7.24. The Morgan fingerprint density at radius 3 is 2.78 bits per heavy atom. The number of guanidine groups is 1. The largest absolute Gasteiger partial charge is 0.326 e. The van der Waals surface area contributed by atoms with Crippen LogP contribution >= 0.6 is 11.6 Å². The molecule has 0 fully saturated rings. The molecule has 23 heavy (non-hydrogen) atoms. The van der Waals surface area contributed by atoms with Gasteiger partial charge in [0.25, 0.3) is 5.91 Å². The number of carbonyl (C=O) groups excluding carboxylic acids is 1. The number of amides is 1. The van der Waals surface area contributed by atoms with Gasteiger partial charge >= 0.3 is 0 Å². The van der Waals surface area contributed by atoms with Crippen LogP contribution in [0.2, 0.25) is 0 Å². The summed E-state index contributed by atoms with van der Waals surface area (Å²) in [5.74, 6) is 1.08. The summed E-state index contributed by atoms with van der Waals surface area (Å²) >= 11 is 5.74. The first-order valence-corrected chi connectivity index (χ1v) is 7.99. The molecule has 2 aromatic rings. The van der Waals surface area contributed by atoms with Crippen molar-refractivity contribution < 1.29 is 4.79 Å². The van der Waals surface area contributed by atoms with Crippen LogP contribution in [0.3, 0.4) is 0 Å². The second-order valence-electron chi connectivity index (χ2n) is 5.16.